The molecule has 0 spiro atoms. The predicted octanol–water partition coefficient (Wildman–Crippen LogP) is 17.1. The van der Waals surface area contributed by atoms with Gasteiger partial charge in [-0.2, -0.15) is 0 Å². The van der Waals surface area contributed by atoms with Gasteiger partial charge in [0, 0.05) is 6.42 Å². The highest BCUT2D eigenvalue weighted by Gasteiger charge is 2.24. The van der Waals surface area contributed by atoms with Crippen LogP contribution in [0.25, 0.3) is 0 Å². The summed E-state index contributed by atoms with van der Waals surface area (Å²) in [7, 11) is 0. The fourth-order valence-electron chi connectivity index (χ4n) is 7.88. The Balaban J connectivity index is 4.71. The molecule has 382 valence electrons. The normalized spacial score (nSPS) is 14.0. The zero-order chi connectivity index (χ0) is 48.8. The van der Waals surface area contributed by atoms with Crippen molar-refractivity contribution in [1.29, 1.82) is 0 Å². The Morgan fingerprint density at radius 2 is 0.806 bits per heavy atom. The summed E-state index contributed by atoms with van der Waals surface area (Å²) in [5.74, 6) is -0.568. The van der Waals surface area contributed by atoms with Gasteiger partial charge in [0.05, 0.1) is 25.2 Å². The van der Waals surface area contributed by atoms with E-state index in [-0.39, 0.29) is 24.9 Å². The Hall–Kier alpha value is -3.48. The molecule has 67 heavy (non-hydrogen) atoms. The van der Waals surface area contributed by atoms with Crippen molar-refractivity contribution in [3.63, 3.8) is 0 Å². The maximum atomic E-state index is 13.3. The lowest BCUT2D eigenvalue weighted by Gasteiger charge is -2.24. The van der Waals surface area contributed by atoms with Crippen molar-refractivity contribution in [2.24, 2.45) is 0 Å². The van der Waals surface area contributed by atoms with Crippen molar-refractivity contribution in [2.45, 2.75) is 257 Å². The van der Waals surface area contributed by atoms with Crippen molar-refractivity contribution in [3.8, 4) is 0 Å². The van der Waals surface area contributed by atoms with E-state index >= 15 is 0 Å². The molecule has 0 aromatic heterocycles. The molecule has 0 fully saturated rings. The molecule has 6 heteroatoms. The Morgan fingerprint density at radius 3 is 1.25 bits per heavy atom. The molecule has 0 saturated carbocycles. The average Bonchev–Trinajstić information content (AvgIpc) is 3.32. The number of carbonyl (C=O) groups excluding carboxylic acids is 2. The number of ether oxygens (including phenoxy) is 1. The lowest BCUT2D eigenvalue weighted by atomic mass is 10.0. The number of hydrogen-bond acceptors (Lipinski definition) is 5. The van der Waals surface area contributed by atoms with Gasteiger partial charge in [-0.15, -0.1) is 0 Å². The van der Waals surface area contributed by atoms with Crippen LogP contribution in [-0.2, 0) is 14.3 Å². The standard InChI is InChI=1S/C61H103NO5/c1-4-7-10-13-16-19-22-25-28-30-33-35-38-41-44-47-50-53-59(64)58(56-63)62-60(65)55-57(52-49-46-43-40-37-34-32-29-26-23-20-17-14-11-8-5-2)67-61(66)54-51-48-45-42-39-36-31-27-24-21-18-15-12-9-6-3/h9,12,15,17-18,20-21,23-24,26-27,29,31-32,34,36-37,39,57-59,63-64H,4-8,10-11,13-14,16,19,22,25,28,30,33,35,38,40-56H2,1-3H3,(H,62,65)/b12-9+,18-15+,20-17+,24-21-,26-23+,31-27-,32-29+,37-34+,39-36+. The second kappa shape index (κ2) is 53.5. The average molecular weight is 930 g/mol. The smallest absolute Gasteiger partial charge is 0.306 e. The molecule has 0 heterocycles. The number of allylic oxidation sites excluding steroid dienone is 18. The number of esters is 1. The van der Waals surface area contributed by atoms with Gasteiger partial charge in [-0.1, -0.05) is 265 Å². The van der Waals surface area contributed by atoms with Gasteiger partial charge in [-0.05, 0) is 70.6 Å². The molecular formula is C61H103NO5. The molecule has 0 bridgehead atoms. The Kier molecular flexibility index (Phi) is 50.7. The third kappa shape index (κ3) is 48.8. The van der Waals surface area contributed by atoms with Gasteiger partial charge in [0.1, 0.15) is 6.10 Å². The molecule has 3 atom stereocenters. The van der Waals surface area contributed by atoms with E-state index in [9.17, 15) is 19.8 Å². The molecule has 0 rings (SSSR count). The number of hydrogen-bond donors (Lipinski definition) is 3. The minimum absolute atomic E-state index is 0.0277. The van der Waals surface area contributed by atoms with Crippen LogP contribution in [0.15, 0.2) is 109 Å². The third-order valence-electron chi connectivity index (χ3n) is 12.1. The number of amides is 1. The van der Waals surface area contributed by atoms with Crippen LogP contribution in [0, 0.1) is 0 Å². The lowest BCUT2D eigenvalue weighted by molar-refractivity contribution is -0.151. The monoisotopic (exact) mass is 930 g/mol. The molecule has 0 saturated heterocycles. The van der Waals surface area contributed by atoms with E-state index in [0.717, 1.165) is 83.5 Å². The zero-order valence-electron chi connectivity index (χ0n) is 43.5. The van der Waals surface area contributed by atoms with Gasteiger partial charge in [0.2, 0.25) is 5.91 Å². The van der Waals surface area contributed by atoms with Gasteiger partial charge >= 0.3 is 5.97 Å². The summed E-state index contributed by atoms with van der Waals surface area (Å²) in [6.45, 7) is 6.29. The van der Waals surface area contributed by atoms with E-state index in [4.69, 9.17) is 4.74 Å². The molecule has 3 unspecified atom stereocenters. The summed E-state index contributed by atoms with van der Waals surface area (Å²) in [5, 5.41) is 23.9. The first-order chi connectivity index (χ1) is 33.0. The summed E-state index contributed by atoms with van der Waals surface area (Å²) in [4.78, 5) is 26.2. The van der Waals surface area contributed by atoms with Crippen LogP contribution in [0.4, 0.5) is 0 Å². The SMILES string of the molecule is CC/C=C/C=C/C=C\C=C/C=C/CCCCCC(=O)OC(CCCCC/C=C/C=C/C=C/C=C/CCCCC)CC(=O)NC(CO)C(O)CCCCCCCCCCCCCCCCCCC. The molecule has 0 aromatic rings. The van der Waals surface area contributed by atoms with Crippen molar-refractivity contribution in [2.75, 3.05) is 6.61 Å². The van der Waals surface area contributed by atoms with Gasteiger partial charge in [-0.3, -0.25) is 9.59 Å². The fourth-order valence-corrected chi connectivity index (χ4v) is 7.88. The molecule has 0 aliphatic rings. The third-order valence-corrected chi connectivity index (χ3v) is 12.1. The number of unbranched alkanes of at least 4 members (excludes halogenated alkanes) is 25. The van der Waals surface area contributed by atoms with Crippen LogP contribution in [0.1, 0.15) is 239 Å². The maximum Gasteiger partial charge on any atom is 0.306 e. The molecular weight excluding hydrogens is 827 g/mol. The Labute approximate surface area is 413 Å². The van der Waals surface area contributed by atoms with E-state index < -0.39 is 18.2 Å². The number of aliphatic hydroxyl groups excluding tert-OH is 2. The number of nitrogens with one attached hydrogen (secondary N) is 1. The van der Waals surface area contributed by atoms with Crippen molar-refractivity contribution >= 4 is 11.9 Å². The van der Waals surface area contributed by atoms with Gasteiger partial charge in [0.15, 0.2) is 0 Å². The first kappa shape index (κ1) is 63.5. The lowest BCUT2D eigenvalue weighted by Crippen LogP contribution is -2.46. The van der Waals surface area contributed by atoms with Crippen LogP contribution < -0.4 is 5.32 Å². The topological polar surface area (TPSA) is 95.9 Å². The summed E-state index contributed by atoms with van der Waals surface area (Å²) >= 11 is 0. The summed E-state index contributed by atoms with van der Waals surface area (Å²) in [6.07, 6.45) is 72.9. The highest BCUT2D eigenvalue weighted by molar-refractivity contribution is 5.77. The van der Waals surface area contributed by atoms with E-state index in [1.54, 1.807) is 0 Å². The summed E-state index contributed by atoms with van der Waals surface area (Å²) in [5.41, 5.74) is 0. The first-order valence-corrected chi connectivity index (χ1v) is 27.7. The van der Waals surface area contributed by atoms with E-state index in [1.807, 2.05) is 48.6 Å². The predicted molar refractivity (Wildman–Crippen MR) is 291 cm³/mol. The maximum absolute atomic E-state index is 13.3. The number of aliphatic hydroxyl groups is 2. The van der Waals surface area contributed by atoms with Gasteiger partial charge in [0.25, 0.3) is 0 Å². The summed E-state index contributed by atoms with van der Waals surface area (Å²) in [6, 6.07) is -0.732. The molecule has 0 aliphatic carbocycles. The highest BCUT2D eigenvalue weighted by Crippen LogP contribution is 2.17. The van der Waals surface area contributed by atoms with E-state index in [2.05, 4.69) is 86.8 Å². The van der Waals surface area contributed by atoms with Gasteiger partial charge in [-0.25, -0.2) is 0 Å². The highest BCUT2D eigenvalue weighted by atomic mass is 16.5. The van der Waals surface area contributed by atoms with Crippen LogP contribution in [0.2, 0.25) is 0 Å². The molecule has 0 aromatic carbocycles. The van der Waals surface area contributed by atoms with E-state index in [0.29, 0.717) is 19.3 Å². The van der Waals surface area contributed by atoms with Crippen LogP contribution in [0.3, 0.4) is 0 Å². The molecule has 0 aliphatic heterocycles. The van der Waals surface area contributed by atoms with Crippen molar-refractivity contribution in [1.82, 2.24) is 5.32 Å². The number of carbonyl (C=O) groups is 2. The molecule has 3 N–H and O–H groups in total. The number of rotatable bonds is 48. The molecule has 0 radical (unpaired) electrons. The Morgan fingerprint density at radius 1 is 0.448 bits per heavy atom. The van der Waals surface area contributed by atoms with Crippen LogP contribution in [-0.4, -0.2) is 46.9 Å². The van der Waals surface area contributed by atoms with Crippen LogP contribution >= 0.6 is 0 Å². The largest absolute Gasteiger partial charge is 0.462 e. The van der Waals surface area contributed by atoms with Crippen molar-refractivity contribution in [3.05, 3.63) is 109 Å². The second-order valence-electron chi connectivity index (χ2n) is 18.5. The fraction of sp³-hybridized carbons (Fsp3) is 0.672. The Bertz CT molecular complexity index is 1370. The minimum Gasteiger partial charge on any atom is -0.462 e. The van der Waals surface area contributed by atoms with Gasteiger partial charge < -0.3 is 20.3 Å². The molecule has 6 nitrogen and oxygen atoms in total. The first-order valence-electron chi connectivity index (χ1n) is 27.7. The van der Waals surface area contributed by atoms with E-state index in [1.165, 1.54) is 109 Å². The summed E-state index contributed by atoms with van der Waals surface area (Å²) < 4.78 is 5.91. The zero-order valence-corrected chi connectivity index (χ0v) is 43.5. The van der Waals surface area contributed by atoms with Crippen LogP contribution in [0.5, 0.6) is 0 Å². The van der Waals surface area contributed by atoms with Crippen molar-refractivity contribution < 1.29 is 24.5 Å². The quantitative estimate of drug-likeness (QED) is 0.0321. The second-order valence-corrected chi connectivity index (χ2v) is 18.5. The molecule has 1 amide bonds. The minimum atomic E-state index is -0.814.